The molecule has 0 saturated heterocycles. The summed E-state index contributed by atoms with van der Waals surface area (Å²) in [7, 11) is -4.08. The second-order valence-corrected chi connectivity index (χ2v) is 8.97. The Hall–Kier alpha value is -2.49. The standard InChI is InChI=1S/C19H20FNO6S/c20-13-3-5-14(6-4-13)27-15-7-9-16(10-8-15)28(25,26)19(11-1-2-12-19)17(22)18(23)21-24/h3-10,17,22,24H,1-2,11-12H2,(H,21,23). The van der Waals surface area contributed by atoms with E-state index in [9.17, 15) is 22.7 Å². The van der Waals surface area contributed by atoms with Crippen molar-refractivity contribution in [3.05, 3.63) is 54.3 Å². The number of halogens is 1. The van der Waals surface area contributed by atoms with Crippen LogP contribution in [0, 0.1) is 5.82 Å². The molecule has 1 fully saturated rings. The number of aliphatic hydroxyl groups excluding tert-OH is 1. The normalized spacial score (nSPS) is 17.1. The molecule has 0 aromatic heterocycles. The summed E-state index contributed by atoms with van der Waals surface area (Å²) in [6.07, 6.45) is -0.586. The van der Waals surface area contributed by atoms with Gasteiger partial charge in [-0.2, -0.15) is 0 Å². The van der Waals surface area contributed by atoms with Crippen LogP contribution in [0.2, 0.25) is 0 Å². The summed E-state index contributed by atoms with van der Waals surface area (Å²) in [6.45, 7) is 0. The molecule has 0 bridgehead atoms. The lowest BCUT2D eigenvalue weighted by molar-refractivity contribution is -0.139. The third-order valence-corrected chi connectivity index (χ3v) is 7.62. The highest BCUT2D eigenvalue weighted by Crippen LogP contribution is 2.43. The number of hydrogen-bond acceptors (Lipinski definition) is 6. The van der Waals surface area contributed by atoms with Gasteiger partial charge in [0.05, 0.1) is 4.90 Å². The molecule has 150 valence electrons. The number of carbonyl (C=O) groups excluding carboxylic acids is 1. The first-order valence-electron chi connectivity index (χ1n) is 8.70. The maximum absolute atomic E-state index is 13.2. The fraction of sp³-hybridized carbons (Fsp3) is 0.316. The van der Waals surface area contributed by atoms with Gasteiger partial charge in [-0.3, -0.25) is 10.0 Å². The molecule has 1 aliphatic rings. The Morgan fingerprint density at radius 3 is 2.04 bits per heavy atom. The van der Waals surface area contributed by atoms with E-state index in [1.165, 1.54) is 54.0 Å². The zero-order valence-electron chi connectivity index (χ0n) is 14.8. The lowest BCUT2D eigenvalue weighted by atomic mass is 9.99. The van der Waals surface area contributed by atoms with E-state index in [1.54, 1.807) is 0 Å². The average molecular weight is 409 g/mol. The van der Waals surface area contributed by atoms with Crippen molar-refractivity contribution in [2.75, 3.05) is 0 Å². The van der Waals surface area contributed by atoms with Crippen LogP contribution >= 0.6 is 0 Å². The molecule has 0 heterocycles. The van der Waals surface area contributed by atoms with E-state index in [1.807, 2.05) is 0 Å². The highest BCUT2D eigenvalue weighted by Gasteiger charge is 2.54. The fourth-order valence-corrected chi connectivity index (χ4v) is 5.71. The summed E-state index contributed by atoms with van der Waals surface area (Å²) in [4.78, 5) is 11.7. The van der Waals surface area contributed by atoms with Gasteiger partial charge in [0.25, 0.3) is 5.91 Å². The number of amides is 1. The molecule has 1 atom stereocenters. The minimum Gasteiger partial charge on any atom is -0.457 e. The van der Waals surface area contributed by atoms with Gasteiger partial charge in [0.2, 0.25) is 0 Å². The van der Waals surface area contributed by atoms with Gasteiger partial charge in [0.15, 0.2) is 15.9 Å². The molecule has 2 aromatic rings. The number of ether oxygens (including phenoxy) is 1. The minimum atomic E-state index is -4.08. The third-order valence-electron chi connectivity index (χ3n) is 5.03. The molecule has 28 heavy (non-hydrogen) atoms. The Balaban J connectivity index is 1.88. The van der Waals surface area contributed by atoms with Crippen LogP contribution in [0.25, 0.3) is 0 Å². The van der Waals surface area contributed by atoms with E-state index in [-0.39, 0.29) is 17.7 Å². The van der Waals surface area contributed by atoms with Gasteiger partial charge in [-0.05, 0) is 61.4 Å². The van der Waals surface area contributed by atoms with Gasteiger partial charge in [0, 0.05) is 0 Å². The molecule has 0 radical (unpaired) electrons. The molecule has 3 rings (SSSR count). The lowest BCUT2D eigenvalue weighted by Crippen LogP contribution is -2.54. The average Bonchev–Trinajstić information content (AvgIpc) is 3.21. The SMILES string of the molecule is O=C(NO)C(O)C1(S(=O)(=O)c2ccc(Oc3ccc(F)cc3)cc2)CCCC1. The zero-order chi connectivity index (χ0) is 20.4. The van der Waals surface area contributed by atoms with Gasteiger partial charge in [-0.1, -0.05) is 12.8 Å². The molecular formula is C19H20FNO6S. The van der Waals surface area contributed by atoms with Crippen molar-refractivity contribution in [3.63, 3.8) is 0 Å². The van der Waals surface area contributed by atoms with Crippen LogP contribution in [0.1, 0.15) is 25.7 Å². The number of sulfone groups is 1. The van der Waals surface area contributed by atoms with Gasteiger partial charge >= 0.3 is 0 Å². The zero-order valence-corrected chi connectivity index (χ0v) is 15.7. The van der Waals surface area contributed by atoms with Gasteiger partial charge in [0.1, 0.15) is 22.1 Å². The molecule has 1 aliphatic carbocycles. The maximum atomic E-state index is 13.2. The molecule has 7 nitrogen and oxygen atoms in total. The predicted molar refractivity (Wildman–Crippen MR) is 97.2 cm³/mol. The first kappa shape index (κ1) is 20.2. The predicted octanol–water partition coefficient (Wildman–Crippen LogP) is 2.57. The molecule has 0 spiro atoms. The summed E-state index contributed by atoms with van der Waals surface area (Å²) in [5.74, 6) is -0.818. The molecule has 1 saturated carbocycles. The molecule has 9 heteroatoms. The third kappa shape index (κ3) is 3.60. The molecular weight excluding hydrogens is 389 g/mol. The summed E-state index contributed by atoms with van der Waals surface area (Å²) < 4.78 is 43.2. The Kier molecular flexibility index (Phi) is 5.69. The van der Waals surface area contributed by atoms with E-state index in [4.69, 9.17) is 9.94 Å². The van der Waals surface area contributed by atoms with E-state index < -0.39 is 32.4 Å². The van der Waals surface area contributed by atoms with Crippen LogP contribution < -0.4 is 10.2 Å². The van der Waals surface area contributed by atoms with Crippen LogP contribution in [-0.4, -0.2) is 35.5 Å². The fourth-order valence-electron chi connectivity index (χ4n) is 3.52. The van der Waals surface area contributed by atoms with E-state index in [2.05, 4.69) is 0 Å². The lowest BCUT2D eigenvalue weighted by Gasteiger charge is -2.32. The van der Waals surface area contributed by atoms with Crippen LogP contribution in [0.5, 0.6) is 11.5 Å². The number of carbonyl (C=O) groups is 1. The van der Waals surface area contributed by atoms with E-state index in [0.717, 1.165) is 0 Å². The Labute approximate surface area is 161 Å². The van der Waals surface area contributed by atoms with Crippen molar-refractivity contribution in [2.24, 2.45) is 0 Å². The summed E-state index contributed by atoms with van der Waals surface area (Å²) >= 11 is 0. The first-order chi connectivity index (χ1) is 13.3. The summed E-state index contributed by atoms with van der Waals surface area (Å²) in [5, 5.41) is 19.1. The Morgan fingerprint density at radius 1 is 1.04 bits per heavy atom. The van der Waals surface area contributed by atoms with Crippen molar-refractivity contribution in [3.8, 4) is 11.5 Å². The van der Waals surface area contributed by atoms with Crippen LogP contribution in [0.15, 0.2) is 53.4 Å². The molecule has 3 N–H and O–H groups in total. The molecule has 1 amide bonds. The van der Waals surface area contributed by atoms with Crippen molar-refractivity contribution in [1.82, 2.24) is 5.48 Å². The monoisotopic (exact) mass is 409 g/mol. The highest BCUT2D eigenvalue weighted by atomic mass is 32.2. The van der Waals surface area contributed by atoms with Crippen LogP contribution in [0.3, 0.4) is 0 Å². The van der Waals surface area contributed by atoms with Crippen LogP contribution in [-0.2, 0) is 14.6 Å². The first-order valence-corrected chi connectivity index (χ1v) is 10.2. The number of benzene rings is 2. The van der Waals surface area contributed by atoms with Crippen molar-refractivity contribution < 1.29 is 32.7 Å². The van der Waals surface area contributed by atoms with Crippen LogP contribution in [0.4, 0.5) is 4.39 Å². The second kappa shape index (κ2) is 7.86. The number of nitrogens with one attached hydrogen (secondary N) is 1. The van der Waals surface area contributed by atoms with E-state index >= 15 is 0 Å². The summed E-state index contributed by atoms with van der Waals surface area (Å²) in [6, 6.07) is 10.9. The number of hydroxylamine groups is 1. The summed E-state index contributed by atoms with van der Waals surface area (Å²) in [5.41, 5.74) is 1.33. The van der Waals surface area contributed by atoms with Gasteiger partial charge in [-0.25, -0.2) is 18.3 Å². The van der Waals surface area contributed by atoms with E-state index in [0.29, 0.717) is 24.3 Å². The number of hydrogen-bond donors (Lipinski definition) is 3. The molecule has 2 aromatic carbocycles. The molecule has 1 unspecified atom stereocenters. The highest BCUT2D eigenvalue weighted by molar-refractivity contribution is 7.93. The Bertz CT molecular complexity index is 937. The molecule has 0 aliphatic heterocycles. The topological polar surface area (TPSA) is 113 Å². The van der Waals surface area contributed by atoms with Crippen molar-refractivity contribution in [2.45, 2.75) is 41.4 Å². The van der Waals surface area contributed by atoms with Crippen molar-refractivity contribution in [1.29, 1.82) is 0 Å². The Morgan fingerprint density at radius 2 is 1.54 bits per heavy atom. The minimum absolute atomic E-state index is 0.0642. The maximum Gasteiger partial charge on any atom is 0.273 e. The largest absolute Gasteiger partial charge is 0.457 e. The van der Waals surface area contributed by atoms with Gasteiger partial charge < -0.3 is 9.84 Å². The van der Waals surface area contributed by atoms with Gasteiger partial charge in [-0.15, -0.1) is 0 Å². The second-order valence-electron chi connectivity index (χ2n) is 6.68. The van der Waals surface area contributed by atoms with Crippen molar-refractivity contribution >= 4 is 15.7 Å². The number of aliphatic hydroxyl groups is 1. The smallest absolute Gasteiger partial charge is 0.273 e. The number of rotatable bonds is 6. The quantitative estimate of drug-likeness (QED) is 0.499.